The molecule has 138 valence electrons. The Kier molecular flexibility index (Phi) is 3.97. The van der Waals surface area contributed by atoms with Crippen LogP contribution >= 0.6 is 0 Å². The molecule has 4 rings (SSSR count). The number of benzene rings is 1. The van der Waals surface area contributed by atoms with Crippen molar-refractivity contribution in [1.29, 1.82) is 0 Å². The van der Waals surface area contributed by atoms with Gasteiger partial charge in [0.15, 0.2) is 0 Å². The van der Waals surface area contributed by atoms with Crippen LogP contribution in [0.3, 0.4) is 0 Å². The molecule has 0 radical (unpaired) electrons. The van der Waals surface area contributed by atoms with E-state index in [0.717, 1.165) is 25.3 Å². The number of halogens is 1. The summed E-state index contributed by atoms with van der Waals surface area (Å²) in [5.41, 5.74) is 0.724. The number of piperidine rings is 1. The first-order valence-corrected chi connectivity index (χ1v) is 8.97. The van der Waals surface area contributed by atoms with E-state index in [-0.39, 0.29) is 18.0 Å². The van der Waals surface area contributed by atoms with Crippen molar-refractivity contribution >= 4 is 22.9 Å². The van der Waals surface area contributed by atoms with Crippen molar-refractivity contribution in [3.63, 3.8) is 0 Å². The lowest BCUT2D eigenvalue weighted by Crippen LogP contribution is -2.66. The summed E-state index contributed by atoms with van der Waals surface area (Å²) in [4.78, 5) is 25.3. The number of carbonyl (C=O) groups excluding carboxylic acids is 1. The Bertz CT molecular complexity index is 851. The van der Waals surface area contributed by atoms with Crippen LogP contribution in [-0.4, -0.2) is 52.2 Å². The van der Waals surface area contributed by atoms with Gasteiger partial charge in [-0.1, -0.05) is 0 Å². The molecule has 0 bridgehead atoms. The predicted molar refractivity (Wildman–Crippen MR) is 96.5 cm³/mol. The molecule has 3 heterocycles. The van der Waals surface area contributed by atoms with E-state index >= 15 is 0 Å². The molecule has 7 heteroatoms. The van der Waals surface area contributed by atoms with Gasteiger partial charge in [0.1, 0.15) is 17.2 Å². The zero-order valence-corrected chi connectivity index (χ0v) is 15.3. The largest absolute Gasteiger partial charge is 0.444 e. The van der Waals surface area contributed by atoms with E-state index in [1.807, 2.05) is 25.7 Å². The second-order valence-corrected chi connectivity index (χ2v) is 8.06. The van der Waals surface area contributed by atoms with E-state index in [9.17, 15) is 9.18 Å². The first-order valence-electron chi connectivity index (χ1n) is 8.97. The maximum absolute atomic E-state index is 13.3. The molecule has 0 spiro atoms. The average Bonchev–Trinajstić information content (AvgIpc) is 2.54. The Morgan fingerprint density at radius 2 is 2.08 bits per heavy atom. The number of likely N-dealkylation sites (tertiary alicyclic amines) is 1. The summed E-state index contributed by atoms with van der Waals surface area (Å²) in [5.74, 6) is 0.961. The monoisotopic (exact) mass is 358 g/mol. The molecule has 2 fully saturated rings. The van der Waals surface area contributed by atoms with Gasteiger partial charge in [-0.25, -0.2) is 14.2 Å². The molecule has 2 saturated heterocycles. The number of amides is 1. The van der Waals surface area contributed by atoms with Gasteiger partial charge < -0.3 is 14.5 Å². The Morgan fingerprint density at radius 3 is 2.85 bits per heavy atom. The fourth-order valence-electron chi connectivity index (χ4n) is 3.66. The quantitative estimate of drug-likeness (QED) is 0.783. The third kappa shape index (κ3) is 3.18. The van der Waals surface area contributed by atoms with E-state index in [2.05, 4.69) is 14.9 Å². The van der Waals surface area contributed by atoms with Crippen LogP contribution in [-0.2, 0) is 4.74 Å². The number of fused-ring (bicyclic) bond motifs is 2. The number of rotatable bonds is 1. The maximum atomic E-state index is 13.3. The lowest BCUT2D eigenvalue weighted by molar-refractivity contribution is -0.0346. The van der Waals surface area contributed by atoms with Crippen LogP contribution < -0.4 is 4.90 Å². The molecule has 6 nitrogen and oxygen atoms in total. The summed E-state index contributed by atoms with van der Waals surface area (Å²) in [6.07, 6.45) is 2.44. The van der Waals surface area contributed by atoms with Gasteiger partial charge in [0.25, 0.3) is 0 Å². The van der Waals surface area contributed by atoms with Crippen LogP contribution in [0.1, 0.15) is 27.2 Å². The smallest absolute Gasteiger partial charge is 0.410 e. The molecule has 0 saturated carbocycles. The van der Waals surface area contributed by atoms with Gasteiger partial charge >= 0.3 is 6.09 Å². The maximum Gasteiger partial charge on any atom is 0.410 e. The lowest BCUT2D eigenvalue weighted by Gasteiger charge is -2.53. The second kappa shape index (κ2) is 6.07. The number of hydrogen-bond acceptors (Lipinski definition) is 5. The Balaban J connectivity index is 1.49. The normalized spacial score (nSPS) is 22.8. The highest BCUT2D eigenvalue weighted by Gasteiger charge is 2.46. The Morgan fingerprint density at radius 1 is 1.27 bits per heavy atom. The SMILES string of the molecule is CC(C)(C)OC(=O)N1CC2CCN(c3cnc4cc(F)ccc4n3)CC21. The van der Waals surface area contributed by atoms with E-state index in [1.54, 1.807) is 12.3 Å². The molecule has 1 amide bonds. The molecule has 0 aliphatic carbocycles. The highest BCUT2D eigenvalue weighted by Crippen LogP contribution is 2.35. The molecule has 26 heavy (non-hydrogen) atoms. The molecule has 0 N–H and O–H groups in total. The van der Waals surface area contributed by atoms with Crippen molar-refractivity contribution in [2.75, 3.05) is 24.5 Å². The number of nitrogens with zero attached hydrogens (tertiary/aromatic N) is 4. The van der Waals surface area contributed by atoms with Crippen LogP contribution in [0.15, 0.2) is 24.4 Å². The first kappa shape index (κ1) is 17.0. The van der Waals surface area contributed by atoms with Crippen LogP contribution in [0.4, 0.5) is 15.0 Å². The van der Waals surface area contributed by atoms with Gasteiger partial charge in [-0.05, 0) is 39.3 Å². The van der Waals surface area contributed by atoms with E-state index in [1.165, 1.54) is 12.1 Å². The topological polar surface area (TPSA) is 58.6 Å². The molecule has 1 aromatic carbocycles. The number of hydrogen-bond donors (Lipinski definition) is 0. The average molecular weight is 358 g/mol. The van der Waals surface area contributed by atoms with E-state index in [0.29, 0.717) is 23.5 Å². The molecule has 2 aromatic rings. The van der Waals surface area contributed by atoms with Gasteiger partial charge in [-0.15, -0.1) is 0 Å². The van der Waals surface area contributed by atoms with Crippen LogP contribution in [0, 0.1) is 11.7 Å². The number of ether oxygens (including phenoxy) is 1. The van der Waals surface area contributed by atoms with E-state index < -0.39 is 5.60 Å². The minimum atomic E-state index is -0.490. The van der Waals surface area contributed by atoms with Crippen molar-refractivity contribution < 1.29 is 13.9 Å². The van der Waals surface area contributed by atoms with Gasteiger partial charge in [-0.3, -0.25) is 4.98 Å². The van der Waals surface area contributed by atoms with Crippen LogP contribution in [0.5, 0.6) is 0 Å². The Labute approximate surface area is 152 Å². The van der Waals surface area contributed by atoms with Crippen molar-refractivity contribution in [3.8, 4) is 0 Å². The molecule has 2 unspecified atom stereocenters. The number of carbonyl (C=O) groups is 1. The molecule has 2 atom stereocenters. The standard InChI is InChI=1S/C19H23FN4O2/c1-19(2,3)26-18(25)24-10-12-6-7-23(11-16(12)24)17-9-21-15-8-13(20)4-5-14(15)22-17/h4-5,8-9,12,16H,6-7,10-11H2,1-3H3. The summed E-state index contributed by atoms with van der Waals surface area (Å²) in [6, 6.07) is 4.56. The first-order chi connectivity index (χ1) is 12.3. The van der Waals surface area contributed by atoms with E-state index in [4.69, 9.17) is 4.74 Å². The van der Waals surface area contributed by atoms with Gasteiger partial charge in [-0.2, -0.15) is 0 Å². The molecular formula is C19H23FN4O2. The number of anilines is 1. The van der Waals surface area contributed by atoms with Crippen molar-refractivity contribution in [3.05, 3.63) is 30.2 Å². The highest BCUT2D eigenvalue weighted by atomic mass is 19.1. The Hall–Kier alpha value is -2.44. The summed E-state index contributed by atoms with van der Waals surface area (Å²) in [7, 11) is 0. The highest BCUT2D eigenvalue weighted by molar-refractivity contribution is 5.75. The zero-order valence-electron chi connectivity index (χ0n) is 15.3. The third-order valence-corrected chi connectivity index (χ3v) is 5.00. The summed E-state index contributed by atoms with van der Waals surface area (Å²) >= 11 is 0. The summed E-state index contributed by atoms with van der Waals surface area (Å²) < 4.78 is 18.8. The van der Waals surface area contributed by atoms with Crippen LogP contribution in [0.2, 0.25) is 0 Å². The fourth-order valence-corrected chi connectivity index (χ4v) is 3.66. The van der Waals surface area contributed by atoms with Crippen molar-refractivity contribution in [2.24, 2.45) is 5.92 Å². The van der Waals surface area contributed by atoms with Gasteiger partial charge in [0, 0.05) is 31.6 Å². The van der Waals surface area contributed by atoms with Gasteiger partial charge in [0.2, 0.25) is 0 Å². The summed E-state index contributed by atoms with van der Waals surface area (Å²) in [5, 5.41) is 0. The minimum absolute atomic E-state index is 0.143. The van der Waals surface area contributed by atoms with Crippen molar-refractivity contribution in [1.82, 2.24) is 14.9 Å². The molecule has 2 aliphatic heterocycles. The predicted octanol–water partition coefficient (Wildman–Crippen LogP) is 3.21. The second-order valence-electron chi connectivity index (χ2n) is 8.06. The third-order valence-electron chi connectivity index (χ3n) is 5.00. The summed E-state index contributed by atoms with van der Waals surface area (Å²) in [6.45, 7) is 7.99. The van der Waals surface area contributed by atoms with Crippen molar-refractivity contribution in [2.45, 2.75) is 38.8 Å². The lowest BCUT2D eigenvalue weighted by atomic mass is 9.82. The minimum Gasteiger partial charge on any atom is -0.444 e. The number of aromatic nitrogens is 2. The molecule has 1 aromatic heterocycles. The molecular weight excluding hydrogens is 335 g/mol. The zero-order chi connectivity index (χ0) is 18.5. The van der Waals surface area contributed by atoms with Crippen LogP contribution in [0.25, 0.3) is 11.0 Å². The molecule has 2 aliphatic rings. The fraction of sp³-hybridized carbons (Fsp3) is 0.526. The van der Waals surface area contributed by atoms with Gasteiger partial charge in [0.05, 0.1) is 23.3 Å².